The predicted molar refractivity (Wildman–Crippen MR) is 141 cm³/mol. The second-order valence-electron chi connectivity index (χ2n) is 10.9. The average molecular weight is 575 g/mol. The zero-order valence-corrected chi connectivity index (χ0v) is 23.0. The molecule has 13 heteroatoms. The van der Waals surface area contributed by atoms with Crippen molar-refractivity contribution in [1.82, 2.24) is 25.1 Å². The number of halogens is 3. The minimum Gasteiger partial charge on any atom is -0.444 e. The molecule has 0 aliphatic carbocycles. The topological polar surface area (TPSA) is 103 Å². The molecule has 0 saturated carbocycles. The minimum atomic E-state index is -0.875. The Labute approximate surface area is 234 Å². The molecule has 2 fully saturated rings. The minimum absolute atomic E-state index is 0.00236. The summed E-state index contributed by atoms with van der Waals surface area (Å²) in [6.45, 7) is 6.47. The molecule has 40 heavy (non-hydrogen) atoms. The molecule has 0 bridgehead atoms. The fraction of sp³-hybridized carbons (Fsp3) is 0.444. The van der Waals surface area contributed by atoms with Crippen molar-refractivity contribution >= 4 is 29.5 Å². The lowest BCUT2D eigenvalue weighted by atomic mass is 9.96. The summed E-state index contributed by atoms with van der Waals surface area (Å²) < 4.78 is 39.5. The molecule has 212 valence electrons. The van der Waals surface area contributed by atoms with Crippen molar-refractivity contribution < 1.29 is 27.8 Å². The van der Waals surface area contributed by atoms with E-state index >= 15 is 0 Å². The van der Waals surface area contributed by atoms with Gasteiger partial charge in [-0.25, -0.2) is 18.4 Å². The molecule has 0 spiro atoms. The zero-order valence-electron chi connectivity index (χ0n) is 22.3. The molecule has 3 aromatic rings. The average Bonchev–Trinajstić information content (AvgIpc) is 3.47. The van der Waals surface area contributed by atoms with E-state index in [4.69, 9.17) is 21.1 Å². The highest BCUT2D eigenvalue weighted by Gasteiger charge is 2.44. The monoisotopic (exact) mass is 574 g/mol. The van der Waals surface area contributed by atoms with Gasteiger partial charge in [0.15, 0.2) is 5.82 Å². The molecule has 0 radical (unpaired) electrons. The van der Waals surface area contributed by atoms with E-state index in [1.165, 1.54) is 21.8 Å². The zero-order chi connectivity index (χ0) is 28.6. The summed E-state index contributed by atoms with van der Waals surface area (Å²) in [7, 11) is 0. The van der Waals surface area contributed by atoms with Crippen LogP contribution in [0.15, 0.2) is 42.5 Å². The van der Waals surface area contributed by atoms with Gasteiger partial charge in [0.2, 0.25) is 0 Å². The quantitative estimate of drug-likeness (QED) is 0.397. The number of piperidine rings is 1. The van der Waals surface area contributed by atoms with Gasteiger partial charge in [-0.2, -0.15) is 4.80 Å². The van der Waals surface area contributed by atoms with Crippen molar-refractivity contribution in [3.63, 3.8) is 0 Å². The van der Waals surface area contributed by atoms with Gasteiger partial charge in [0.25, 0.3) is 0 Å². The molecule has 2 aromatic carbocycles. The third-order valence-electron chi connectivity index (χ3n) is 6.73. The van der Waals surface area contributed by atoms with E-state index in [-0.39, 0.29) is 24.1 Å². The maximum Gasteiger partial charge on any atom is 0.415 e. The Balaban J connectivity index is 1.33. The van der Waals surface area contributed by atoms with Crippen LogP contribution in [0.25, 0.3) is 0 Å². The van der Waals surface area contributed by atoms with Crippen molar-refractivity contribution in [2.45, 2.75) is 63.8 Å². The molecule has 10 nitrogen and oxygen atoms in total. The van der Waals surface area contributed by atoms with E-state index in [0.717, 1.165) is 6.07 Å². The highest BCUT2D eigenvalue weighted by molar-refractivity contribution is 6.30. The number of aromatic nitrogens is 4. The second-order valence-corrected chi connectivity index (χ2v) is 11.3. The van der Waals surface area contributed by atoms with E-state index in [1.807, 2.05) is 20.8 Å². The van der Waals surface area contributed by atoms with Gasteiger partial charge in [0.1, 0.15) is 35.9 Å². The fourth-order valence-corrected chi connectivity index (χ4v) is 5.08. The number of amides is 2. The summed E-state index contributed by atoms with van der Waals surface area (Å²) in [5.41, 5.74) is 0.105. The maximum absolute atomic E-state index is 14.2. The normalized spacial score (nSPS) is 20.1. The van der Waals surface area contributed by atoms with Crippen molar-refractivity contribution in [2.75, 3.05) is 18.0 Å². The first-order valence-electron chi connectivity index (χ1n) is 12.9. The number of nitrogens with zero attached hydrogens (tertiary/aromatic N) is 6. The molecule has 2 saturated heterocycles. The predicted octanol–water partition coefficient (Wildman–Crippen LogP) is 5.49. The molecule has 0 N–H and O–H groups in total. The van der Waals surface area contributed by atoms with Crippen molar-refractivity contribution in [2.24, 2.45) is 0 Å². The van der Waals surface area contributed by atoms with E-state index in [1.54, 1.807) is 29.2 Å². The van der Waals surface area contributed by atoms with Gasteiger partial charge in [-0.05, 0) is 80.8 Å². The standard InChI is InChI=1S/C27H29ClF2N6O4/c1-27(2,3)40-25(37)34-10-8-16(9-11-34)24-31-33-35(32-24)15-22-23(17-12-19(29)14-20(30)13-17)36(26(38)39-22)21-6-4-18(28)5-7-21/h4-7,12-14,16,22-23H,8-11,15H2,1-3H3/t22-,23-/m0/s1. The number of cyclic esters (lactones) is 1. The molecule has 0 unspecified atom stereocenters. The third-order valence-corrected chi connectivity index (χ3v) is 6.99. The lowest BCUT2D eigenvalue weighted by molar-refractivity contribution is 0.0203. The Morgan fingerprint density at radius 1 is 1.10 bits per heavy atom. The number of anilines is 1. The molecule has 2 aliphatic rings. The van der Waals surface area contributed by atoms with Gasteiger partial charge in [-0.15, -0.1) is 10.2 Å². The van der Waals surface area contributed by atoms with Crippen LogP contribution in [0.1, 0.15) is 57.0 Å². The number of rotatable bonds is 5. The number of likely N-dealkylation sites (tertiary alicyclic amines) is 1. The van der Waals surface area contributed by atoms with Gasteiger partial charge in [-0.3, -0.25) is 4.90 Å². The van der Waals surface area contributed by atoms with Gasteiger partial charge in [0, 0.05) is 35.8 Å². The van der Waals surface area contributed by atoms with E-state index in [9.17, 15) is 18.4 Å². The molecule has 5 rings (SSSR count). The van der Waals surface area contributed by atoms with Crippen LogP contribution >= 0.6 is 11.6 Å². The Hall–Kier alpha value is -3.80. The van der Waals surface area contributed by atoms with Crippen LogP contribution in [-0.4, -0.2) is 62.1 Å². The van der Waals surface area contributed by atoms with Crippen LogP contribution in [-0.2, 0) is 16.0 Å². The molecular formula is C27H29ClF2N6O4. The number of tetrazole rings is 1. The summed E-state index contributed by atoms with van der Waals surface area (Å²) in [4.78, 5) is 29.7. The highest BCUT2D eigenvalue weighted by Crippen LogP contribution is 2.39. The van der Waals surface area contributed by atoms with Crippen LogP contribution in [0, 0.1) is 11.6 Å². The second kappa shape index (κ2) is 11.0. The Morgan fingerprint density at radius 3 is 2.38 bits per heavy atom. The molecule has 1 aromatic heterocycles. The van der Waals surface area contributed by atoms with Crippen LogP contribution in [0.4, 0.5) is 24.1 Å². The molecule has 2 aliphatic heterocycles. The first-order chi connectivity index (χ1) is 19.0. The molecular weight excluding hydrogens is 546 g/mol. The van der Waals surface area contributed by atoms with Crippen molar-refractivity contribution in [3.05, 3.63) is 70.5 Å². The number of hydrogen-bond donors (Lipinski definition) is 0. The van der Waals surface area contributed by atoms with Crippen LogP contribution in [0.2, 0.25) is 5.02 Å². The highest BCUT2D eigenvalue weighted by atomic mass is 35.5. The fourth-order valence-electron chi connectivity index (χ4n) is 4.95. The molecule has 2 amide bonds. The Bertz CT molecular complexity index is 1370. The number of carbonyl (C=O) groups is 2. The van der Waals surface area contributed by atoms with Crippen LogP contribution < -0.4 is 4.90 Å². The molecule has 3 heterocycles. The van der Waals surface area contributed by atoms with E-state index in [2.05, 4.69) is 15.4 Å². The summed E-state index contributed by atoms with van der Waals surface area (Å²) >= 11 is 6.01. The van der Waals surface area contributed by atoms with Gasteiger partial charge >= 0.3 is 12.2 Å². The van der Waals surface area contributed by atoms with E-state index < -0.39 is 35.5 Å². The largest absolute Gasteiger partial charge is 0.444 e. The van der Waals surface area contributed by atoms with E-state index in [0.29, 0.717) is 42.5 Å². The third kappa shape index (κ3) is 6.16. The van der Waals surface area contributed by atoms with Crippen molar-refractivity contribution in [1.29, 1.82) is 0 Å². The number of ether oxygens (including phenoxy) is 2. The summed E-state index contributed by atoms with van der Waals surface area (Å²) in [6, 6.07) is 8.72. The Kier molecular flexibility index (Phi) is 7.63. The lowest BCUT2D eigenvalue weighted by Gasteiger charge is -2.32. The van der Waals surface area contributed by atoms with Crippen LogP contribution in [0.5, 0.6) is 0 Å². The SMILES string of the molecule is CC(C)(C)OC(=O)N1CCC(c2nnn(C[C@@H]3OC(=O)N(c4ccc(Cl)cc4)[C@H]3c3cc(F)cc(F)c3)n2)CC1. The smallest absolute Gasteiger partial charge is 0.415 e. The van der Waals surface area contributed by atoms with Crippen molar-refractivity contribution in [3.8, 4) is 0 Å². The summed E-state index contributed by atoms with van der Waals surface area (Å²) in [5.74, 6) is -1.06. The first-order valence-corrected chi connectivity index (χ1v) is 13.3. The number of carbonyl (C=O) groups excluding carboxylic acids is 2. The lowest BCUT2D eigenvalue weighted by Crippen LogP contribution is -2.41. The summed E-state index contributed by atoms with van der Waals surface area (Å²) in [5, 5.41) is 13.3. The number of hydrogen-bond acceptors (Lipinski definition) is 7. The van der Waals surface area contributed by atoms with Crippen LogP contribution in [0.3, 0.4) is 0 Å². The summed E-state index contributed by atoms with van der Waals surface area (Å²) in [6.07, 6.45) is -0.634. The van der Waals surface area contributed by atoms with Gasteiger partial charge in [-0.1, -0.05) is 11.6 Å². The molecule has 2 atom stereocenters. The van der Waals surface area contributed by atoms with Gasteiger partial charge in [0.05, 0.1) is 0 Å². The maximum atomic E-state index is 14.2. The van der Waals surface area contributed by atoms with Gasteiger partial charge < -0.3 is 14.4 Å². The number of benzene rings is 2. The Morgan fingerprint density at radius 2 is 1.75 bits per heavy atom. The first kappa shape index (κ1) is 27.8.